The molecule has 5 heteroatoms. The Bertz CT molecular complexity index is 308. The van der Waals surface area contributed by atoms with Gasteiger partial charge < -0.3 is 10.6 Å². The van der Waals surface area contributed by atoms with Crippen LogP contribution in [0.5, 0.6) is 0 Å². The number of carbonyl (C=O) groups is 1. The van der Waals surface area contributed by atoms with E-state index in [2.05, 4.69) is 21.6 Å². The smallest absolute Gasteiger partial charge is 0.238 e. The van der Waals surface area contributed by atoms with Gasteiger partial charge in [0, 0.05) is 33.2 Å². The van der Waals surface area contributed by atoms with E-state index in [0.29, 0.717) is 6.54 Å². The Morgan fingerprint density at radius 3 is 2.94 bits per heavy atom. The van der Waals surface area contributed by atoms with Gasteiger partial charge in [0.15, 0.2) is 0 Å². The number of nitrogens with one attached hydrogen (secondary N) is 2. The van der Waals surface area contributed by atoms with Gasteiger partial charge in [0.05, 0.1) is 11.5 Å². The fraction of sp³-hybridized carbons (Fsp3) is 0.833. The zero-order chi connectivity index (χ0) is 12.9. The van der Waals surface area contributed by atoms with Crippen molar-refractivity contribution in [1.82, 2.24) is 15.5 Å². The summed E-state index contributed by atoms with van der Waals surface area (Å²) in [5.41, 5.74) is -0.321. The fourth-order valence-electron chi connectivity index (χ4n) is 1.92. The number of likely N-dealkylation sites (N-methyl/N-ethyl adjacent to an activating group) is 1. The lowest BCUT2D eigenvalue weighted by molar-refractivity contribution is -0.126. The molecule has 1 amide bonds. The van der Waals surface area contributed by atoms with Crippen molar-refractivity contribution in [3.8, 4) is 6.07 Å². The van der Waals surface area contributed by atoms with Crippen LogP contribution in [-0.2, 0) is 4.79 Å². The number of nitrogens with zero attached hydrogens (tertiary/aromatic N) is 2. The molecule has 1 fully saturated rings. The van der Waals surface area contributed by atoms with Gasteiger partial charge in [-0.05, 0) is 20.3 Å². The van der Waals surface area contributed by atoms with Gasteiger partial charge in [-0.15, -0.1) is 0 Å². The molecule has 0 aromatic carbocycles. The SMILES string of the molecule is CNC(=O)C1CNCCN1CCC(C)(C)C#N. The largest absolute Gasteiger partial charge is 0.358 e. The van der Waals surface area contributed by atoms with Crippen LogP contribution in [0.1, 0.15) is 20.3 Å². The highest BCUT2D eigenvalue weighted by Crippen LogP contribution is 2.20. The Labute approximate surface area is 103 Å². The molecule has 0 aliphatic carbocycles. The zero-order valence-electron chi connectivity index (χ0n) is 10.9. The molecule has 1 unspecified atom stereocenters. The minimum atomic E-state index is -0.321. The Morgan fingerprint density at radius 1 is 1.65 bits per heavy atom. The second kappa shape index (κ2) is 5.99. The lowest BCUT2D eigenvalue weighted by Crippen LogP contribution is -2.57. The van der Waals surface area contributed by atoms with Crippen LogP contribution in [-0.4, -0.2) is 50.1 Å². The predicted octanol–water partition coefficient (Wildman–Crippen LogP) is -0.0539. The molecule has 1 aliphatic rings. The van der Waals surface area contributed by atoms with E-state index >= 15 is 0 Å². The highest BCUT2D eigenvalue weighted by Gasteiger charge is 2.29. The molecule has 1 aliphatic heterocycles. The molecule has 0 bridgehead atoms. The van der Waals surface area contributed by atoms with E-state index in [1.54, 1.807) is 7.05 Å². The van der Waals surface area contributed by atoms with E-state index in [-0.39, 0.29) is 17.4 Å². The standard InChI is InChI=1S/C12H22N4O/c1-12(2,9-13)4-6-16-7-5-15-8-10(16)11(17)14-3/h10,15H,4-8H2,1-3H3,(H,14,17). The van der Waals surface area contributed by atoms with Crippen LogP contribution in [0.2, 0.25) is 0 Å². The lowest BCUT2D eigenvalue weighted by Gasteiger charge is -2.35. The Balaban J connectivity index is 2.55. The lowest BCUT2D eigenvalue weighted by atomic mass is 9.91. The van der Waals surface area contributed by atoms with Crippen molar-refractivity contribution >= 4 is 5.91 Å². The van der Waals surface area contributed by atoms with Gasteiger partial charge in [0.1, 0.15) is 6.04 Å². The second-order valence-corrected chi connectivity index (χ2v) is 5.12. The van der Waals surface area contributed by atoms with Crippen LogP contribution < -0.4 is 10.6 Å². The van der Waals surface area contributed by atoms with Crippen LogP contribution in [0.3, 0.4) is 0 Å². The van der Waals surface area contributed by atoms with Crippen molar-refractivity contribution < 1.29 is 4.79 Å². The van der Waals surface area contributed by atoms with Crippen molar-refractivity contribution in [3.05, 3.63) is 0 Å². The number of hydrogen-bond acceptors (Lipinski definition) is 4. The van der Waals surface area contributed by atoms with E-state index in [4.69, 9.17) is 5.26 Å². The maximum Gasteiger partial charge on any atom is 0.238 e. The summed E-state index contributed by atoms with van der Waals surface area (Å²) in [6.45, 7) is 7.11. The van der Waals surface area contributed by atoms with Gasteiger partial charge in [-0.25, -0.2) is 0 Å². The van der Waals surface area contributed by atoms with E-state index in [0.717, 1.165) is 26.1 Å². The molecule has 1 rings (SSSR count). The first-order valence-electron chi connectivity index (χ1n) is 6.08. The molecule has 1 atom stereocenters. The summed E-state index contributed by atoms with van der Waals surface area (Å²) in [6, 6.07) is 2.19. The first-order chi connectivity index (χ1) is 8.00. The number of rotatable bonds is 4. The second-order valence-electron chi connectivity index (χ2n) is 5.12. The van der Waals surface area contributed by atoms with Gasteiger partial charge >= 0.3 is 0 Å². The topological polar surface area (TPSA) is 68.2 Å². The Kier molecular flexibility index (Phi) is 4.91. The molecule has 5 nitrogen and oxygen atoms in total. The molecule has 96 valence electrons. The molecule has 1 heterocycles. The van der Waals surface area contributed by atoms with E-state index in [9.17, 15) is 4.79 Å². The van der Waals surface area contributed by atoms with Gasteiger partial charge in [-0.1, -0.05) is 0 Å². The molecule has 0 saturated carbocycles. The number of hydrogen-bond donors (Lipinski definition) is 2. The van der Waals surface area contributed by atoms with Crippen molar-refractivity contribution in [2.45, 2.75) is 26.3 Å². The molecular weight excluding hydrogens is 216 g/mol. The predicted molar refractivity (Wildman–Crippen MR) is 66.3 cm³/mol. The fourth-order valence-corrected chi connectivity index (χ4v) is 1.92. The first kappa shape index (κ1) is 13.9. The van der Waals surface area contributed by atoms with Gasteiger partial charge in [-0.2, -0.15) is 5.26 Å². The normalized spacial score (nSPS) is 21.9. The van der Waals surface area contributed by atoms with Crippen LogP contribution in [0.15, 0.2) is 0 Å². The van der Waals surface area contributed by atoms with Crippen molar-refractivity contribution in [2.24, 2.45) is 5.41 Å². The maximum atomic E-state index is 11.7. The average molecular weight is 238 g/mol. The summed E-state index contributed by atoms with van der Waals surface area (Å²) in [5, 5.41) is 14.9. The minimum Gasteiger partial charge on any atom is -0.358 e. The molecule has 0 spiro atoms. The third kappa shape index (κ3) is 3.99. The van der Waals surface area contributed by atoms with Crippen LogP contribution in [0.25, 0.3) is 0 Å². The quantitative estimate of drug-likeness (QED) is 0.720. The van der Waals surface area contributed by atoms with Crippen LogP contribution in [0.4, 0.5) is 0 Å². The third-order valence-electron chi connectivity index (χ3n) is 3.23. The summed E-state index contributed by atoms with van der Waals surface area (Å²) >= 11 is 0. The Hall–Kier alpha value is -1.12. The van der Waals surface area contributed by atoms with Crippen molar-refractivity contribution in [2.75, 3.05) is 33.2 Å². The third-order valence-corrected chi connectivity index (χ3v) is 3.23. The highest BCUT2D eigenvalue weighted by atomic mass is 16.2. The summed E-state index contributed by atoms with van der Waals surface area (Å²) in [7, 11) is 1.66. The molecule has 1 saturated heterocycles. The Morgan fingerprint density at radius 2 is 2.35 bits per heavy atom. The van der Waals surface area contributed by atoms with E-state index in [1.165, 1.54) is 0 Å². The molecule has 0 radical (unpaired) electrons. The average Bonchev–Trinajstić information content (AvgIpc) is 2.36. The van der Waals surface area contributed by atoms with Gasteiger partial charge in [-0.3, -0.25) is 9.69 Å². The highest BCUT2D eigenvalue weighted by molar-refractivity contribution is 5.81. The number of piperazine rings is 1. The number of carbonyl (C=O) groups excluding carboxylic acids is 1. The molecule has 0 aromatic rings. The monoisotopic (exact) mass is 238 g/mol. The molecular formula is C12H22N4O. The summed E-state index contributed by atoms with van der Waals surface area (Å²) in [5.74, 6) is 0.0481. The minimum absolute atomic E-state index is 0.0481. The van der Waals surface area contributed by atoms with Crippen LogP contribution in [0, 0.1) is 16.7 Å². The number of amides is 1. The molecule has 2 N–H and O–H groups in total. The maximum absolute atomic E-state index is 11.7. The zero-order valence-corrected chi connectivity index (χ0v) is 10.9. The van der Waals surface area contributed by atoms with Crippen LogP contribution >= 0.6 is 0 Å². The first-order valence-corrected chi connectivity index (χ1v) is 6.08. The van der Waals surface area contributed by atoms with Crippen molar-refractivity contribution in [3.63, 3.8) is 0 Å². The van der Waals surface area contributed by atoms with Crippen molar-refractivity contribution in [1.29, 1.82) is 5.26 Å². The summed E-state index contributed by atoms with van der Waals surface area (Å²) < 4.78 is 0. The molecule has 17 heavy (non-hydrogen) atoms. The van der Waals surface area contributed by atoms with E-state index in [1.807, 2.05) is 13.8 Å². The van der Waals surface area contributed by atoms with Gasteiger partial charge in [0.25, 0.3) is 0 Å². The van der Waals surface area contributed by atoms with E-state index < -0.39 is 0 Å². The molecule has 0 aromatic heterocycles. The van der Waals surface area contributed by atoms with Gasteiger partial charge in [0.2, 0.25) is 5.91 Å². The number of nitriles is 1. The summed E-state index contributed by atoms with van der Waals surface area (Å²) in [6.07, 6.45) is 0.789. The summed E-state index contributed by atoms with van der Waals surface area (Å²) in [4.78, 5) is 13.9.